The highest BCUT2D eigenvalue weighted by molar-refractivity contribution is 5.80. The van der Waals surface area contributed by atoms with Gasteiger partial charge in [0, 0.05) is 31.3 Å². The van der Waals surface area contributed by atoms with Gasteiger partial charge in [-0.3, -0.25) is 10.1 Å². The molecule has 1 aromatic heterocycles. The summed E-state index contributed by atoms with van der Waals surface area (Å²) in [4.78, 5) is 20.3. The first-order valence-electron chi connectivity index (χ1n) is 6.74. The molecule has 1 aromatic carbocycles. The van der Waals surface area contributed by atoms with Crippen LogP contribution in [0.4, 0.5) is 11.6 Å². The van der Waals surface area contributed by atoms with Gasteiger partial charge in [0.15, 0.2) is 0 Å². The molecule has 0 bridgehead atoms. The number of hydrogen-bond donors (Lipinski definition) is 2. The zero-order valence-electron chi connectivity index (χ0n) is 11.3. The highest BCUT2D eigenvalue weighted by atomic mass is 16.6. The van der Waals surface area contributed by atoms with Gasteiger partial charge in [-0.05, 0) is 26.0 Å². The van der Waals surface area contributed by atoms with E-state index in [2.05, 4.69) is 20.2 Å². The number of imidazole rings is 1. The van der Waals surface area contributed by atoms with Crippen molar-refractivity contribution in [1.29, 1.82) is 0 Å². The number of nitrogens with one attached hydrogen (secondary N) is 2. The fourth-order valence-corrected chi connectivity index (χ4v) is 2.65. The Morgan fingerprint density at radius 1 is 1.55 bits per heavy atom. The Bertz CT molecular complexity index is 639. The van der Waals surface area contributed by atoms with Crippen LogP contribution in [-0.4, -0.2) is 41.1 Å². The van der Waals surface area contributed by atoms with Crippen LogP contribution < -0.4 is 10.2 Å². The summed E-state index contributed by atoms with van der Waals surface area (Å²) in [6.45, 7) is 1.86. The molecule has 0 saturated carbocycles. The van der Waals surface area contributed by atoms with Crippen molar-refractivity contribution in [3.05, 3.63) is 28.3 Å². The van der Waals surface area contributed by atoms with Crippen LogP contribution in [0.15, 0.2) is 18.2 Å². The van der Waals surface area contributed by atoms with Gasteiger partial charge in [0.05, 0.1) is 16.0 Å². The molecule has 0 aliphatic carbocycles. The first-order valence-corrected chi connectivity index (χ1v) is 6.74. The minimum absolute atomic E-state index is 0.0828. The van der Waals surface area contributed by atoms with Gasteiger partial charge in [0.2, 0.25) is 5.95 Å². The molecule has 0 spiro atoms. The first-order chi connectivity index (χ1) is 9.67. The largest absolute Gasteiger partial charge is 0.341 e. The van der Waals surface area contributed by atoms with E-state index in [9.17, 15) is 10.1 Å². The molecule has 3 rings (SSSR count). The molecule has 1 atom stereocenters. The summed E-state index contributed by atoms with van der Waals surface area (Å²) in [5.41, 5.74) is 1.55. The van der Waals surface area contributed by atoms with Crippen LogP contribution >= 0.6 is 0 Å². The summed E-state index contributed by atoms with van der Waals surface area (Å²) in [6, 6.07) is 5.17. The van der Waals surface area contributed by atoms with Crippen molar-refractivity contribution in [2.75, 3.05) is 25.0 Å². The summed E-state index contributed by atoms with van der Waals surface area (Å²) < 4.78 is 0. The predicted molar refractivity (Wildman–Crippen MR) is 77.0 cm³/mol. The standard InChI is InChI=1S/C13H17N5O2/c1-14-9-3-2-6-17(8-9)13-15-11-5-4-10(18(19)20)7-12(11)16-13/h4-5,7,9,14H,2-3,6,8H2,1H3,(H,15,16)/t9-/m0/s1. The number of likely N-dealkylation sites (N-methyl/N-ethyl adjacent to an activating group) is 1. The van der Waals surface area contributed by atoms with Crippen molar-refractivity contribution in [2.24, 2.45) is 0 Å². The number of hydrogen-bond acceptors (Lipinski definition) is 5. The van der Waals surface area contributed by atoms with Gasteiger partial charge < -0.3 is 15.2 Å². The van der Waals surface area contributed by atoms with Crippen LogP contribution in [0.5, 0.6) is 0 Å². The molecular weight excluding hydrogens is 258 g/mol. The lowest BCUT2D eigenvalue weighted by molar-refractivity contribution is -0.384. The molecule has 2 aromatic rings. The smallest absolute Gasteiger partial charge is 0.271 e. The zero-order valence-corrected chi connectivity index (χ0v) is 11.3. The number of piperidine rings is 1. The molecule has 2 heterocycles. The number of nitrogens with zero attached hydrogens (tertiary/aromatic N) is 3. The average molecular weight is 275 g/mol. The van der Waals surface area contributed by atoms with E-state index in [1.807, 2.05) is 7.05 Å². The maximum atomic E-state index is 10.8. The van der Waals surface area contributed by atoms with E-state index in [-0.39, 0.29) is 5.69 Å². The van der Waals surface area contributed by atoms with Gasteiger partial charge in [-0.1, -0.05) is 0 Å². The highest BCUT2D eigenvalue weighted by Gasteiger charge is 2.21. The van der Waals surface area contributed by atoms with Crippen LogP contribution in [0.2, 0.25) is 0 Å². The SMILES string of the molecule is CN[C@H]1CCCN(c2nc3ccc([N+](=O)[O-])cc3[nH]2)C1. The zero-order chi connectivity index (χ0) is 14.1. The van der Waals surface area contributed by atoms with E-state index >= 15 is 0 Å². The first kappa shape index (κ1) is 12.9. The molecule has 1 aliphatic rings. The van der Waals surface area contributed by atoms with Crippen molar-refractivity contribution in [3.8, 4) is 0 Å². The minimum Gasteiger partial charge on any atom is -0.341 e. The Kier molecular flexibility index (Phi) is 3.27. The molecule has 7 nitrogen and oxygen atoms in total. The second-order valence-electron chi connectivity index (χ2n) is 5.09. The van der Waals surface area contributed by atoms with Crippen molar-refractivity contribution >= 4 is 22.7 Å². The predicted octanol–water partition coefficient (Wildman–Crippen LogP) is 1.66. The lowest BCUT2D eigenvalue weighted by atomic mass is 10.1. The van der Waals surface area contributed by atoms with Crippen molar-refractivity contribution in [1.82, 2.24) is 15.3 Å². The van der Waals surface area contributed by atoms with E-state index < -0.39 is 4.92 Å². The number of fused-ring (bicyclic) bond motifs is 1. The van der Waals surface area contributed by atoms with Gasteiger partial charge in [0.25, 0.3) is 5.69 Å². The van der Waals surface area contributed by atoms with Gasteiger partial charge >= 0.3 is 0 Å². The third-order valence-electron chi connectivity index (χ3n) is 3.79. The van der Waals surface area contributed by atoms with Crippen molar-refractivity contribution in [3.63, 3.8) is 0 Å². The molecule has 2 N–H and O–H groups in total. The van der Waals surface area contributed by atoms with Crippen LogP contribution in [0.25, 0.3) is 11.0 Å². The van der Waals surface area contributed by atoms with Gasteiger partial charge in [-0.2, -0.15) is 0 Å². The quantitative estimate of drug-likeness (QED) is 0.657. The molecular formula is C13H17N5O2. The molecule has 7 heteroatoms. The van der Waals surface area contributed by atoms with Gasteiger partial charge in [0.1, 0.15) is 0 Å². The van der Waals surface area contributed by atoms with Gasteiger partial charge in [-0.25, -0.2) is 4.98 Å². The molecule has 1 aliphatic heterocycles. The van der Waals surface area contributed by atoms with Gasteiger partial charge in [-0.15, -0.1) is 0 Å². The van der Waals surface area contributed by atoms with E-state index in [1.54, 1.807) is 6.07 Å². The summed E-state index contributed by atoms with van der Waals surface area (Å²) in [7, 11) is 1.97. The molecule has 0 radical (unpaired) electrons. The Labute approximate surface area is 116 Å². The molecule has 0 unspecified atom stereocenters. The molecule has 1 fully saturated rings. The second-order valence-corrected chi connectivity index (χ2v) is 5.09. The number of nitro benzene ring substituents is 1. The van der Waals surface area contributed by atoms with E-state index in [0.717, 1.165) is 31.0 Å². The Balaban J connectivity index is 1.90. The third-order valence-corrected chi connectivity index (χ3v) is 3.79. The second kappa shape index (κ2) is 5.09. The number of anilines is 1. The minimum atomic E-state index is -0.391. The topological polar surface area (TPSA) is 87.1 Å². The van der Waals surface area contributed by atoms with Crippen LogP contribution in [0.3, 0.4) is 0 Å². The van der Waals surface area contributed by atoms with Crippen molar-refractivity contribution < 1.29 is 4.92 Å². The Morgan fingerprint density at radius 2 is 2.40 bits per heavy atom. The van der Waals surface area contributed by atoms with E-state index in [4.69, 9.17) is 0 Å². The lowest BCUT2D eigenvalue weighted by Crippen LogP contribution is -2.44. The number of H-pyrrole nitrogens is 1. The highest BCUT2D eigenvalue weighted by Crippen LogP contribution is 2.24. The summed E-state index contributed by atoms with van der Waals surface area (Å²) in [6.07, 6.45) is 2.28. The lowest BCUT2D eigenvalue weighted by Gasteiger charge is -2.32. The fourth-order valence-electron chi connectivity index (χ4n) is 2.65. The molecule has 1 saturated heterocycles. The fraction of sp³-hybridized carbons (Fsp3) is 0.462. The number of rotatable bonds is 3. The summed E-state index contributed by atoms with van der Waals surface area (Å²) >= 11 is 0. The molecule has 106 valence electrons. The van der Waals surface area contributed by atoms with Crippen molar-refractivity contribution in [2.45, 2.75) is 18.9 Å². The number of nitro groups is 1. The number of non-ortho nitro benzene ring substituents is 1. The number of aromatic amines is 1. The maximum Gasteiger partial charge on any atom is 0.271 e. The summed E-state index contributed by atoms with van der Waals surface area (Å²) in [5, 5.41) is 14.1. The summed E-state index contributed by atoms with van der Waals surface area (Å²) in [5.74, 6) is 0.792. The average Bonchev–Trinajstić information content (AvgIpc) is 2.90. The molecule has 0 amide bonds. The number of aromatic nitrogens is 2. The monoisotopic (exact) mass is 275 g/mol. The third kappa shape index (κ3) is 2.32. The Morgan fingerprint density at radius 3 is 3.15 bits per heavy atom. The van der Waals surface area contributed by atoms with Crippen LogP contribution in [0.1, 0.15) is 12.8 Å². The molecule has 20 heavy (non-hydrogen) atoms. The maximum absolute atomic E-state index is 10.8. The van der Waals surface area contributed by atoms with E-state index in [1.165, 1.54) is 18.6 Å². The van der Waals surface area contributed by atoms with Crippen LogP contribution in [-0.2, 0) is 0 Å². The number of benzene rings is 1. The Hall–Kier alpha value is -2.15. The normalized spacial score (nSPS) is 19.4. The van der Waals surface area contributed by atoms with Crippen LogP contribution in [0, 0.1) is 10.1 Å². The van der Waals surface area contributed by atoms with E-state index in [0.29, 0.717) is 11.6 Å².